The zero-order valence-corrected chi connectivity index (χ0v) is 20.2. The molecular weight excluding hydrogens is 430 g/mol. The molecule has 34 heavy (non-hydrogen) atoms. The molecule has 3 heterocycles. The highest BCUT2D eigenvalue weighted by atomic mass is 16.5. The van der Waals surface area contributed by atoms with E-state index >= 15 is 0 Å². The normalized spacial score (nSPS) is 18.9. The SMILES string of the molecule is COc1ccc([C@@H](C)NC(=O)[C@H]2CCCN(c3nccn4nc5c(c34)CCCC5)C2)cc1OC. The van der Waals surface area contributed by atoms with Crippen LogP contribution in [0.25, 0.3) is 5.52 Å². The van der Waals surface area contributed by atoms with Crippen molar-refractivity contribution in [1.82, 2.24) is 19.9 Å². The van der Waals surface area contributed by atoms with Crippen molar-refractivity contribution in [1.29, 1.82) is 0 Å². The Kier molecular flexibility index (Phi) is 6.30. The molecule has 8 heteroatoms. The standard InChI is InChI=1S/C26H33N5O3/c1-17(18-10-11-22(33-2)23(15-18)34-3)28-26(32)19-7-6-13-30(16-19)25-24-20-8-4-5-9-21(20)29-31(24)14-12-27-25/h10-12,14-15,17,19H,4-9,13,16H2,1-3H3,(H,28,32)/t17-,19+/m1/s1. The van der Waals surface area contributed by atoms with Crippen LogP contribution in [-0.4, -0.2) is 47.8 Å². The van der Waals surface area contributed by atoms with Gasteiger partial charge in [-0.05, 0) is 63.1 Å². The van der Waals surface area contributed by atoms with Gasteiger partial charge in [0.25, 0.3) is 0 Å². The number of aromatic nitrogens is 3. The van der Waals surface area contributed by atoms with Crippen molar-refractivity contribution in [3.8, 4) is 11.5 Å². The fraction of sp³-hybridized carbons (Fsp3) is 0.500. The zero-order valence-electron chi connectivity index (χ0n) is 20.2. The summed E-state index contributed by atoms with van der Waals surface area (Å²) in [4.78, 5) is 20.3. The number of rotatable bonds is 6. The van der Waals surface area contributed by atoms with E-state index in [1.165, 1.54) is 24.1 Å². The lowest BCUT2D eigenvalue weighted by molar-refractivity contribution is -0.125. The average Bonchev–Trinajstić information content (AvgIpc) is 3.27. The van der Waals surface area contributed by atoms with E-state index in [1.54, 1.807) is 14.2 Å². The Bertz CT molecular complexity index is 1190. The van der Waals surface area contributed by atoms with Crippen LogP contribution in [0.15, 0.2) is 30.6 Å². The predicted molar refractivity (Wildman–Crippen MR) is 131 cm³/mol. The van der Waals surface area contributed by atoms with E-state index in [2.05, 4.69) is 10.2 Å². The fourth-order valence-electron chi connectivity index (χ4n) is 5.30. The first-order valence-electron chi connectivity index (χ1n) is 12.2. The molecular formula is C26H33N5O3. The number of nitrogens with zero attached hydrogens (tertiary/aromatic N) is 4. The maximum Gasteiger partial charge on any atom is 0.225 e. The summed E-state index contributed by atoms with van der Waals surface area (Å²) < 4.78 is 12.7. The Labute approximate surface area is 200 Å². The number of fused-ring (bicyclic) bond motifs is 3. The molecule has 0 spiro atoms. The Morgan fingerprint density at radius 2 is 1.97 bits per heavy atom. The molecule has 3 aromatic rings. The van der Waals surface area contributed by atoms with Crippen molar-refractivity contribution in [3.05, 3.63) is 47.4 Å². The van der Waals surface area contributed by atoms with Gasteiger partial charge in [0.15, 0.2) is 17.3 Å². The van der Waals surface area contributed by atoms with Crippen LogP contribution in [0, 0.1) is 5.92 Å². The lowest BCUT2D eigenvalue weighted by Crippen LogP contribution is -2.44. The van der Waals surface area contributed by atoms with Gasteiger partial charge in [-0.3, -0.25) is 4.79 Å². The van der Waals surface area contributed by atoms with E-state index in [0.29, 0.717) is 18.0 Å². The minimum atomic E-state index is -0.133. The predicted octanol–water partition coefficient (Wildman–Crippen LogP) is 3.72. The van der Waals surface area contributed by atoms with Gasteiger partial charge >= 0.3 is 0 Å². The van der Waals surface area contributed by atoms with Crippen molar-refractivity contribution in [2.24, 2.45) is 5.92 Å². The summed E-state index contributed by atoms with van der Waals surface area (Å²) in [6.07, 6.45) is 10.1. The van der Waals surface area contributed by atoms with Crippen molar-refractivity contribution in [2.75, 3.05) is 32.2 Å². The Hall–Kier alpha value is -3.29. The second kappa shape index (κ2) is 9.52. The van der Waals surface area contributed by atoms with E-state index < -0.39 is 0 Å². The summed E-state index contributed by atoms with van der Waals surface area (Å²) in [5.41, 5.74) is 4.64. The number of hydrogen-bond donors (Lipinski definition) is 1. The first-order chi connectivity index (χ1) is 16.6. The van der Waals surface area contributed by atoms with Crippen LogP contribution in [0.5, 0.6) is 11.5 Å². The summed E-state index contributed by atoms with van der Waals surface area (Å²) in [6, 6.07) is 5.63. The second-order valence-corrected chi connectivity index (χ2v) is 9.31. The maximum atomic E-state index is 13.3. The van der Waals surface area contributed by atoms with E-state index in [0.717, 1.165) is 49.1 Å². The van der Waals surface area contributed by atoms with Gasteiger partial charge in [-0.1, -0.05) is 6.07 Å². The van der Waals surface area contributed by atoms with Gasteiger partial charge in [0, 0.05) is 31.0 Å². The molecule has 2 aromatic heterocycles. The summed E-state index contributed by atoms with van der Waals surface area (Å²) >= 11 is 0. The molecule has 2 aliphatic rings. The van der Waals surface area contributed by atoms with Gasteiger partial charge in [0.2, 0.25) is 5.91 Å². The number of amides is 1. The molecule has 1 fully saturated rings. The third kappa shape index (κ3) is 4.17. The molecule has 1 N–H and O–H groups in total. The van der Waals surface area contributed by atoms with Crippen LogP contribution in [0.4, 0.5) is 5.82 Å². The van der Waals surface area contributed by atoms with Gasteiger partial charge in [-0.2, -0.15) is 5.10 Å². The van der Waals surface area contributed by atoms with E-state index in [4.69, 9.17) is 19.6 Å². The smallest absolute Gasteiger partial charge is 0.225 e. The van der Waals surface area contributed by atoms with Crippen LogP contribution in [0.2, 0.25) is 0 Å². The fourth-order valence-corrected chi connectivity index (χ4v) is 5.30. The number of methoxy groups -OCH3 is 2. The van der Waals surface area contributed by atoms with Gasteiger partial charge < -0.3 is 19.7 Å². The third-order valence-corrected chi connectivity index (χ3v) is 7.16. The summed E-state index contributed by atoms with van der Waals surface area (Å²) in [5.74, 6) is 2.29. The average molecular weight is 464 g/mol. The van der Waals surface area contributed by atoms with Crippen molar-refractivity contribution in [3.63, 3.8) is 0 Å². The zero-order chi connectivity index (χ0) is 23.7. The molecule has 0 bridgehead atoms. The minimum absolute atomic E-state index is 0.0782. The van der Waals surface area contributed by atoms with Gasteiger partial charge in [-0.25, -0.2) is 9.50 Å². The molecule has 0 unspecified atom stereocenters. The highest BCUT2D eigenvalue weighted by Crippen LogP contribution is 2.33. The molecule has 0 saturated carbocycles. The molecule has 5 rings (SSSR count). The molecule has 1 saturated heterocycles. The molecule has 180 valence electrons. The Balaban J connectivity index is 1.32. The number of nitrogens with one attached hydrogen (secondary N) is 1. The monoisotopic (exact) mass is 463 g/mol. The number of anilines is 1. The van der Waals surface area contributed by atoms with Gasteiger partial charge in [0.05, 0.1) is 31.9 Å². The van der Waals surface area contributed by atoms with Crippen molar-refractivity contribution in [2.45, 2.75) is 51.5 Å². The van der Waals surface area contributed by atoms with E-state index in [1.807, 2.05) is 42.0 Å². The number of carbonyl (C=O) groups is 1. The molecule has 1 aromatic carbocycles. The first kappa shape index (κ1) is 22.5. The molecule has 2 atom stereocenters. The van der Waals surface area contributed by atoms with Gasteiger partial charge in [0.1, 0.15) is 5.52 Å². The number of piperidine rings is 1. The molecule has 1 aliphatic carbocycles. The molecule has 1 amide bonds. The van der Waals surface area contributed by atoms with E-state index in [-0.39, 0.29) is 17.9 Å². The number of carbonyl (C=O) groups excluding carboxylic acids is 1. The molecule has 1 aliphatic heterocycles. The van der Waals surface area contributed by atoms with Gasteiger partial charge in [-0.15, -0.1) is 0 Å². The first-order valence-corrected chi connectivity index (χ1v) is 12.2. The van der Waals surface area contributed by atoms with Crippen molar-refractivity contribution < 1.29 is 14.3 Å². The number of aryl methyl sites for hydroxylation is 2. The van der Waals surface area contributed by atoms with Crippen molar-refractivity contribution >= 4 is 17.2 Å². The number of hydrogen-bond acceptors (Lipinski definition) is 6. The van der Waals surface area contributed by atoms with E-state index in [9.17, 15) is 4.79 Å². The van der Waals surface area contributed by atoms with Crippen LogP contribution < -0.4 is 19.7 Å². The molecule has 8 nitrogen and oxygen atoms in total. The highest BCUT2D eigenvalue weighted by Gasteiger charge is 2.30. The number of ether oxygens (including phenoxy) is 2. The summed E-state index contributed by atoms with van der Waals surface area (Å²) in [5, 5.41) is 8.02. The van der Waals surface area contributed by atoms with Crippen LogP contribution >= 0.6 is 0 Å². The number of benzene rings is 1. The quantitative estimate of drug-likeness (QED) is 0.600. The lowest BCUT2D eigenvalue weighted by atomic mass is 9.95. The lowest BCUT2D eigenvalue weighted by Gasteiger charge is -2.34. The summed E-state index contributed by atoms with van der Waals surface area (Å²) in [7, 11) is 3.24. The topological polar surface area (TPSA) is 81.0 Å². The Morgan fingerprint density at radius 1 is 1.15 bits per heavy atom. The second-order valence-electron chi connectivity index (χ2n) is 9.31. The largest absolute Gasteiger partial charge is 0.493 e. The van der Waals surface area contributed by atoms with Crippen LogP contribution in [0.1, 0.15) is 55.5 Å². The molecule has 0 radical (unpaired) electrons. The van der Waals surface area contributed by atoms with Crippen LogP contribution in [0.3, 0.4) is 0 Å². The third-order valence-electron chi connectivity index (χ3n) is 7.16. The summed E-state index contributed by atoms with van der Waals surface area (Å²) in [6.45, 7) is 3.57. The Morgan fingerprint density at radius 3 is 2.79 bits per heavy atom. The minimum Gasteiger partial charge on any atom is -0.493 e. The maximum absolute atomic E-state index is 13.3. The highest BCUT2D eigenvalue weighted by molar-refractivity contribution is 5.81. The van der Waals surface area contributed by atoms with Crippen LogP contribution in [-0.2, 0) is 17.6 Å².